The zero-order valence-electron chi connectivity index (χ0n) is 8.98. The first kappa shape index (κ1) is 15.1. The van der Waals surface area contributed by atoms with E-state index in [4.69, 9.17) is 9.47 Å². The Balaban J connectivity index is 0.00000196. The first-order chi connectivity index (χ1) is 6.69. The number of benzene rings is 1. The molecular weight excluding hydrogens is 227 g/mol. The van der Waals surface area contributed by atoms with Crippen LogP contribution in [0.25, 0.3) is 0 Å². The molecular formula is C9H11NaO4S. The average molecular weight is 238 g/mol. The average Bonchev–Trinajstić information content (AvgIpc) is 2.18. The Morgan fingerprint density at radius 3 is 2.53 bits per heavy atom. The molecule has 0 amide bonds. The minimum atomic E-state index is -2.28. The van der Waals surface area contributed by atoms with Gasteiger partial charge in [0.2, 0.25) is 0 Å². The number of hydrogen-bond acceptors (Lipinski definition) is 4. The van der Waals surface area contributed by atoms with Gasteiger partial charge in [0.1, 0.15) is 5.75 Å². The van der Waals surface area contributed by atoms with Crippen LogP contribution in [0.5, 0.6) is 5.75 Å². The molecule has 0 aliphatic rings. The molecule has 78 valence electrons. The molecule has 0 radical (unpaired) electrons. The van der Waals surface area contributed by atoms with Gasteiger partial charge in [-0.25, -0.2) is 0 Å². The Morgan fingerprint density at radius 2 is 2.07 bits per heavy atom. The van der Waals surface area contributed by atoms with Crippen molar-refractivity contribution in [2.24, 2.45) is 0 Å². The smallest absolute Gasteiger partial charge is 0.768 e. The van der Waals surface area contributed by atoms with Crippen LogP contribution in [0, 0.1) is 0 Å². The molecule has 0 spiro atoms. The van der Waals surface area contributed by atoms with Crippen LogP contribution in [0.1, 0.15) is 5.56 Å². The van der Waals surface area contributed by atoms with Crippen molar-refractivity contribution in [3.8, 4) is 5.75 Å². The van der Waals surface area contributed by atoms with Gasteiger partial charge in [-0.15, -0.1) is 0 Å². The third-order valence-corrected chi connectivity index (χ3v) is 2.40. The van der Waals surface area contributed by atoms with Crippen molar-refractivity contribution in [3.05, 3.63) is 23.8 Å². The first-order valence-corrected chi connectivity index (χ1v) is 5.01. The van der Waals surface area contributed by atoms with E-state index in [1.807, 2.05) is 0 Å². The normalized spacial score (nSPS) is 11.7. The molecule has 0 N–H and O–H groups in total. The Kier molecular flexibility index (Phi) is 7.42. The van der Waals surface area contributed by atoms with Crippen molar-refractivity contribution in [1.82, 2.24) is 0 Å². The van der Waals surface area contributed by atoms with Gasteiger partial charge in [-0.1, -0.05) is 6.07 Å². The van der Waals surface area contributed by atoms with Gasteiger partial charge in [-0.05, 0) is 28.8 Å². The van der Waals surface area contributed by atoms with Crippen molar-refractivity contribution in [2.75, 3.05) is 14.2 Å². The monoisotopic (exact) mass is 238 g/mol. The van der Waals surface area contributed by atoms with E-state index in [0.29, 0.717) is 12.4 Å². The zero-order chi connectivity index (χ0) is 10.6. The van der Waals surface area contributed by atoms with Gasteiger partial charge < -0.3 is 14.0 Å². The fourth-order valence-electron chi connectivity index (χ4n) is 1.11. The zero-order valence-corrected chi connectivity index (χ0v) is 11.8. The Hall–Kier alpha value is 0.0900. The molecule has 15 heavy (non-hydrogen) atoms. The summed E-state index contributed by atoms with van der Waals surface area (Å²) in [4.78, 5) is 0.155. The maximum Gasteiger partial charge on any atom is 1.00 e. The molecule has 1 atom stereocenters. The minimum absolute atomic E-state index is 0. The first-order valence-electron chi connectivity index (χ1n) is 3.94. The van der Waals surface area contributed by atoms with Gasteiger partial charge >= 0.3 is 29.6 Å². The topological polar surface area (TPSA) is 58.6 Å². The van der Waals surface area contributed by atoms with Crippen LogP contribution in [0.4, 0.5) is 0 Å². The fraction of sp³-hybridized carbons (Fsp3) is 0.333. The van der Waals surface area contributed by atoms with Crippen molar-refractivity contribution in [1.29, 1.82) is 0 Å². The molecule has 0 aliphatic carbocycles. The van der Waals surface area contributed by atoms with E-state index in [1.165, 1.54) is 13.2 Å². The second-order valence-corrected chi connectivity index (χ2v) is 3.56. The van der Waals surface area contributed by atoms with Crippen LogP contribution in [0.15, 0.2) is 23.1 Å². The Labute approximate surface area is 114 Å². The molecule has 1 unspecified atom stereocenters. The summed E-state index contributed by atoms with van der Waals surface area (Å²) in [6.45, 7) is 0.383. The van der Waals surface area contributed by atoms with Gasteiger partial charge in [-0.3, -0.25) is 4.21 Å². The molecule has 4 nitrogen and oxygen atoms in total. The van der Waals surface area contributed by atoms with Crippen LogP contribution < -0.4 is 34.3 Å². The largest absolute Gasteiger partial charge is 1.00 e. The summed E-state index contributed by atoms with van der Waals surface area (Å²) < 4.78 is 31.4. The van der Waals surface area contributed by atoms with E-state index in [9.17, 15) is 8.76 Å². The molecule has 1 rings (SSSR count). The molecule has 0 heterocycles. The quantitative estimate of drug-likeness (QED) is 0.453. The summed E-state index contributed by atoms with van der Waals surface area (Å²) in [5.41, 5.74) is 0.799. The molecule has 0 saturated heterocycles. The fourth-order valence-corrected chi connectivity index (χ4v) is 1.67. The second-order valence-electron chi connectivity index (χ2n) is 2.65. The third-order valence-electron chi connectivity index (χ3n) is 1.72. The molecule has 0 aromatic heterocycles. The molecule has 6 heteroatoms. The summed E-state index contributed by atoms with van der Waals surface area (Å²) in [7, 11) is 2.99. The van der Waals surface area contributed by atoms with E-state index in [2.05, 4.69) is 0 Å². The summed E-state index contributed by atoms with van der Waals surface area (Å²) in [6, 6.07) is 4.91. The predicted octanol–water partition coefficient (Wildman–Crippen LogP) is -1.92. The van der Waals surface area contributed by atoms with E-state index in [-0.39, 0.29) is 34.5 Å². The van der Waals surface area contributed by atoms with E-state index in [1.54, 1.807) is 19.2 Å². The molecule has 0 fully saturated rings. The number of ether oxygens (including phenoxy) is 2. The number of rotatable bonds is 4. The van der Waals surface area contributed by atoms with Gasteiger partial charge in [0.15, 0.2) is 0 Å². The predicted molar refractivity (Wildman–Crippen MR) is 50.9 cm³/mol. The van der Waals surface area contributed by atoms with Crippen LogP contribution >= 0.6 is 0 Å². The molecule has 0 bridgehead atoms. The van der Waals surface area contributed by atoms with Gasteiger partial charge in [0, 0.05) is 7.11 Å². The summed E-state index contributed by atoms with van der Waals surface area (Å²) >= 11 is -2.28. The third kappa shape index (κ3) is 4.22. The van der Waals surface area contributed by atoms with Gasteiger partial charge in [-0.2, -0.15) is 0 Å². The number of hydrogen-bond donors (Lipinski definition) is 0. The molecule has 1 aromatic carbocycles. The summed E-state index contributed by atoms with van der Waals surface area (Å²) in [5, 5.41) is 0. The molecule has 1 aromatic rings. The van der Waals surface area contributed by atoms with E-state index < -0.39 is 11.1 Å². The minimum Gasteiger partial charge on any atom is -0.768 e. The maximum atomic E-state index is 10.8. The van der Waals surface area contributed by atoms with Gasteiger partial charge in [0.25, 0.3) is 0 Å². The molecule has 0 saturated carbocycles. The van der Waals surface area contributed by atoms with E-state index >= 15 is 0 Å². The van der Waals surface area contributed by atoms with Crippen LogP contribution in [-0.2, 0) is 22.4 Å². The van der Waals surface area contributed by atoms with Crippen molar-refractivity contribution >= 4 is 11.1 Å². The SMILES string of the molecule is COCc1ccc(OC)c(S(=O)[O-])c1.[Na+]. The van der Waals surface area contributed by atoms with Crippen LogP contribution in [-0.4, -0.2) is 23.0 Å². The van der Waals surface area contributed by atoms with Crippen LogP contribution in [0.3, 0.4) is 0 Å². The number of methoxy groups -OCH3 is 2. The van der Waals surface area contributed by atoms with E-state index in [0.717, 1.165) is 5.56 Å². The van der Waals surface area contributed by atoms with Crippen molar-refractivity contribution in [3.63, 3.8) is 0 Å². The molecule has 0 aliphatic heterocycles. The van der Waals surface area contributed by atoms with Gasteiger partial charge in [0.05, 0.1) is 18.6 Å². The second kappa shape index (κ2) is 7.38. The van der Waals surface area contributed by atoms with Crippen molar-refractivity contribution < 1.29 is 47.8 Å². The summed E-state index contributed by atoms with van der Waals surface area (Å²) in [6.07, 6.45) is 0. The van der Waals surface area contributed by atoms with Crippen LogP contribution in [0.2, 0.25) is 0 Å². The Morgan fingerprint density at radius 1 is 1.40 bits per heavy atom. The maximum absolute atomic E-state index is 10.8. The standard InChI is InChI=1S/C9H12O4S.Na/c1-12-6-7-3-4-8(13-2)9(5-7)14(10)11;/h3-5H,6H2,1-2H3,(H,10,11);/q;+1/p-1. The van der Waals surface area contributed by atoms with Crippen molar-refractivity contribution in [2.45, 2.75) is 11.5 Å². The summed E-state index contributed by atoms with van der Waals surface area (Å²) in [5.74, 6) is 0.346. The Bertz CT molecular complexity index is 343.